The van der Waals surface area contributed by atoms with E-state index in [0.29, 0.717) is 16.4 Å². The number of halogens is 1. The molecule has 3 amide bonds. The van der Waals surface area contributed by atoms with Crippen molar-refractivity contribution in [3.8, 4) is 10.6 Å². The van der Waals surface area contributed by atoms with Crippen LogP contribution in [0.3, 0.4) is 0 Å². The molecular weight excluding hydrogens is 725 g/mol. The van der Waals surface area contributed by atoms with Gasteiger partial charge in [-0.2, -0.15) is 0 Å². The molecule has 4 aromatic carbocycles. The molecule has 0 saturated heterocycles. The molecule has 0 saturated carbocycles. The van der Waals surface area contributed by atoms with Crippen LogP contribution in [-0.2, 0) is 9.59 Å². The van der Waals surface area contributed by atoms with Gasteiger partial charge in [-0.1, -0.05) is 82.7 Å². The average Bonchev–Trinajstić information content (AvgIpc) is 3.81. The van der Waals surface area contributed by atoms with E-state index >= 15 is 0 Å². The van der Waals surface area contributed by atoms with Gasteiger partial charge in [-0.05, 0) is 77.2 Å². The summed E-state index contributed by atoms with van der Waals surface area (Å²) in [6.07, 6.45) is 1.63. The Kier molecular flexibility index (Phi) is 10.9. The van der Waals surface area contributed by atoms with E-state index in [4.69, 9.17) is 0 Å². The number of thioether (sulfide) groups is 1. The highest BCUT2D eigenvalue weighted by Gasteiger charge is 2.24. The van der Waals surface area contributed by atoms with Gasteiger partial charge in [-0.3, -0.25) is 14.4 Å². The molecule has 1 atom stereocenters. The first kappa shape index (κ1) is 33.1. The third-order valence-corrected chi connectivity index (χ3v) is 10.3. The molecule has 238 valence electrons. The van der Waals surface area contributed by atoms with Gasteiger partial charge in [0.05, 0.1) is 10.6 Å². The molecule has 0 radical (unpaired) electrons. The lowest BCUT2D eigenvalue weighted by molar-refractivity contribution is -0.116. The lowest BCUT2D eigenvalue weighted by atomic mass is 10.1. The summed E-state index contributed by atoms with van der Waals surface area (Å²) in [4.78, 5) is 46.6. The molecule has 48 heavy (non-hydrogen) atoms. The van der Waals surface area contributed by atoms with E-state index in [9.17, 15) is 14.4 Å². The molecule has 2 aromatic heterocycles. The molecular formula is C37H27BrN4O3S3. The summed E-state index contributed by atoms with van der Waals surface area (Å²) in [5, 5.41) is 12.6. The predicted molar refractivity (Wildman–Crippen MR) is 200 cm³/mol. The summed E-state index contributed by atoms with van der Waals surface area (Å²) in [7, 11) is 0. The fourth-order valence-corrected chi connectivity index (χ4v) is 7.51. The summed E-state index contributed by atoms with van der Waals surface area (Å²) in [6, 6.07) is 36.9. The highest BCUT2D eigenvalue weighted by atomic mass is 79.9. The topological polar surface area (TPSA) is 100 Å². The number of amides is 3. The number of thiazole rings is 1. The summed E-state index contributed by atoms with van der Waals surface area (Å²) in [5.41, 5.74) is 3.47. The minimum Gasteiger partial charge on any atom is -0.321 e. The van der Waals surface area contributed by atoms with Gasteiger partial charge < -0.3 is 16.0 Å². The van der Waals surface area contributed by atoms with Crippen molar-refractivity contribution in [2.24, 2.45) is 0 Å². The van der Waals surface area contributed by atoms with Gasteiger partial charge in [-0.25, -0.2) is 4.98 Å². The molecule has 0 aliphatic heterocycles. The van der Waals surface area contributed by atoms with Crippen LogP contribution in [-0.4, -0.2) is 22.7 Å². The first-order valence-electron chi connectivity index (χ1n) is 14.7. The molecule has 6 aromatic rings. The Bertz CT molecular complexity index is 2050. The van der Waals surface area contributed by atoms with E-state index in [0.717, 1.165) is 31.1 Å². The Balaban J connectivity index is 1.17. The van der Waals surface area contributed by atoms with Crippen molar-refractivity contribution < 1.29 is 14.4 Å². The number of nitrogens with one attached hydrogen (secondary N) is 3. The van der Waals surface area contributed by atoms with Crippen LogP contribution in [0, 0.1) is 0 Å². The van der Waals surface area contributed by atoms with Crippen molar-refractivity contribution in [3.63, 3.8) is 0 Å². The van der Waals surface area contributed by atoms with Crippen molar-refractivity contribution in [2.75, 3.05) is 10.6 Å². The zero-order valence-electron chi connectivity index (χ0n) is 25.1. The lowest BCUT2D eigenvalue weighted by Gasteiger charge is -2.17. The molecule has 0 fully saturated rings. The van der Waals surface area contributed by atoms with Crippen LogP contribution >= 0.6 is 50.4 Å². The third-order valence-electron chi connectivity index (χ3n) is 6.90. The van der Waals surface area contributed by atoms with E-state index in [1.165, 1.54) is 23.1 Å². The average molecular weight is 752 g/mol. The Hall–Kier alpha value is -4.81. The zero-order valence-corrected chi connectivity index (χ0v) is 29.2. The van der Waals surface area contributed by atoms with Gasteiger partial charge in [0.1, 0.15) is 10.9 Å². The number of hydrogen-bond donors (Lipinski definition) is 3. The van der Waals surface area contributed by atoms with Crippen LogP contribution in [0.1, 0.15) is 26.7 Å². The Morgan fingerprint density at radius 2 is 1.54 bits per heavy atom. The van der Waals surface area contributed by atoms with Crippen LogP contribution in [0.5, 0.6) is 0 Å². The number of benzene rings is 4. The van der Waals surface area contributed by atoms with E-state index in [2.05, 4.69) is 36.9 Å². The van der Waals surface area contributed by atoms with Crippen molar-refractivity contribution in [2.45, 2.75) is 10.1 Å². The number of carbonyl (C=O) groups is 3. The van der Waals surface area contributed by atoms with Gasteiger partial charge >= 0.3 is 0 Å². The second-order valence-electron chi connectivity index (χ2n) is 10.3. The van der Waals surface area contributed by atoms with Crippen LogP contribution < -0.4 is 16.0 Å². The number of carbonyl (C=O) groups excluding carboxylic acids is 3. The smallest absolute Gasteiger partial charge is 0.272 e. The highest BCUT2D eigenvalue weighted by molar-refractivity contribution is 9.10. The molecule has 3 N–H and O–H groups in total. The number of anilines is 2. The Morgan fingerprint density at radius 3 is 2.25 bits per heavy atom. The zero-order chi connectivity index (χ0) is 33.3. The molecule has 0 bridgehead atoms. The molecule has 11 heteroatoms. The quantitative estimate of drug-likeness (QED) is 0.0905. The molecule has 7 nitrogen and oxygen atoms in total. The molecule has 0 aliphatic rings. The maximum atomic E-state index is 13.6. The molecule has 0 spiro atoms. The summed E-state index contributed by atoms with van der Waals surface area (Å²) >= 11 is 7.84. The number of rotatable bonds is 11. The highest BCUT2D eigenvalue weighted by Crippen LogP contribution is 2.37. The van der Waals surface area contributed by atoms with E-state index in [1.807, 2.05) is 95.7 Å². The van der Waals surface area contributed by atoms with E-state index < -0.39 is 17.1 Å². The van der Waals surface area contributed by atoms with Gasteiger partial charge in [0.25, 0.3) is 11.8 Å². The first-order chi connectivity index (χ1) is 23.4. The van der Waals surface area contributed by atoms with Crippen LogP contribution in [0.15, 0.2) is 147 Å². The molecule has 6 rings (SSSR count). The van der Waals surface area contributed by atoms with Gasteiger partial charge in [0.2, 0.25) is 5.91 Å². The van der Waals surface area contributed by atoms with Gasteiger partial charge in [0, 0.05) is 26.0 Å². The number of aromatic nitrogens is 1. The molecule has 0 aliphatic carbocycles. The minimum absolute atomic E-state index is 0.0886. The van der Waals surface area contributed by atoms with Gasteiger partial charge in [-0.15, -0.1) is 34.4 Å². The second kappa shape index (κ2) is 15.9. The van der Waals surface area contributed by atoms with Crippen molar-refractivity contribution in [3.05, 3.63) is 159 Å². The summed E-state index contributed by atoms with van der Waals surface area (Å²) < 4.78 is 0.843. The van der Waals surface area contributed by atoms with Crippen molar-refractivity contribution in [1.29, 1.82) is 0 Å². The monoisotopic (exact) mass is 750 g/mol. The fourth-order valence-electron chi connectivity index (χ4n) is 4.60. The summed E-state index contributed by atoms with van der Waals surface area (Å²) in [6.45, 7) is 0. The van der Waals surface area contributed by atoms with Crippen LogP contribution in [0.2, 0.25) is 0 Å². The fraction of sp³-hybridized carbons (Fsp3) is 0.0270. The van der Waals surface area contributed by atoms with E-state index in [-0.39, 0.29) is 11.6 Å². The minimum atomic E-state index is -0.548. The van der Waals surface area contributed by atoms with Crippen molar-refractivity contribution in [1.82, 2.24) is 10.3 Å². The number of nitrogens with zero attached hydrogens (tertiary/aromatic N) is 1. The lowest BCUT2D eigenvalue weighted by Crippen LogP contribution is -2.30. The van der Waals surface area contributed by atoms with Crippen LogP contribution in [0.4, 0.5) is 10.8 Å². The largest absolute Gasteiger partial charge is 0.321 e. The Morgan fingerprint density at radius 1 is 0.792 bits per heavy atom. The maximum Gasteiger partial charge on any atom is 0.272 e. The van der Waals surface area contributed by atoms with Crippen molar-refractivity contribution >= 4 is 85.0 Å². The van der Waals surface area contributed by atoms with E-state index in [1.54, 1.807) is 53.8 Å². The number of thiophene rings is 1. The Labute approximate surface area is 298 Å². The molecule has 2 heterocycles. The standard InChI is InChI=1S/C37H27BrN4O3S3/c38-27-14-7-9-24(21-27)22-30(40-34(43)26-12-5-2-6-13-26)35(44)39-28-16-18-29(19-17-28)48-33(25-10-3-1-4-11-25)36(45)42-37-41-31(23-47-37)32-15-8-20-46-32/h1-23,33H,(H,39,44)(H,40,43)(H,41,42,45)/b30-22-. The SMILES string of the molecule is O=C(Nc1ccc(SC(C(=O)Nc2nc(-c3cccs3)cs2)c2ccccc2)cc1)/C(=C/c1cccc(Br)c1)NC(=O)c1ccccc1. The summed E-state index contributed by atoms with van der Waals surface area (Å²) in [5.74, 6) is -1.07. The first-order valence-corrected chi connectivity index (χ1v) is 18.1. The molecule has 1 unspecified atom stereocenters. The normalized spacial score (nSPS) is 11.8. The predicted octanol–water partition coefficient (Wildman–Crippen LogP) is 9.52. The van der Waals surface area contributed by atoms with Crippen LogP contribution in [0.25, 0.3) is 16.6 Å². The number of hydrogen-bond acceptors (Lipinski definition) is 7. The third kappa shape index (κ3) is 8.75. The second-order valence-corrected chi connectivity index (χ2v) is 14.2. The maximum absolute atomic E-state index is 13.6. The van der Waals surface area contributed by atoms with Gasteiger partial charge in [0.15, 0.2) is 5.13 Å².